The van der Waals surface area contributed by atoms with Gasteiger partial charge in [0.25, 0.3) is 0 Å². The van der Waals surface area contributed by atoms with E-state index in [4.69, 9.17) is 20.0 Å². The summed E-state index contributed by atoms with van der Waals surface area (Å²) in [6, 6.07) is 0. The standard InChI is InChI=1S/C4H12NO5P/c6-2-1-5-4(3-7)11(8,9)10/h4-7H,1-3H2,(H2,8,9,10). The maximum absolute atomic E-state index is 10.5. The lowest BCUT2D eigenvalue weighted by Gasteiger charge is -2.16. The molecule has 0 aliphatic heterocycles. The summed E-state index contributed by atoms with van der Waals surface area (Å²) in [5.74, 6) is -1.27. The number of aliphatic hydroxyl groups is 2. The Kier molecular flexibility index (Phi) is 4.83. The fraction of sp³-hybridized carbons (Fsp3) is 1.00. The predicted molar refractivity (Wildman–Crippen MR) is 38.0 cm³/mol. The summed E-state index contributed by atoms with van der Waals surface area (Å²) in [5, 5.41) is 19.0. The number of hydrogen-bond acceptors (Lipinski definition) is 4. The molecule has 0 aliphatic rings. The van der Waals surface area contributed by atoms with Crippen molar-refractivity contribution in [3.8, 4) is 0 Å². The third kappa shape index (κ3) is 4.47. The van der Waals surface area contributed by atoms with Crippen molar-refractivity contribution in [3.63, 3.8) is 0 Å². The smallest absolute Gasteiger partial charge is 0.344 e. The van der Waals surface area contributed by atoms with Crippen LogP contribution in [0.25, 0.3) is 0 Å². The minimum atomic E-state index is -4.28. The normalized spacial score (nSPS) is 14.9. The van der Waals surface area contributed by atoms with Crippen LogP contribution in [0.5, 0.6) is 0 Å². The molecule has 0 saturated heterocycles. The van der Waals surface area contributed by atoms with Gasteiger partial charge in [-0.05, 0) is 0 Å². The largest absolute Gasteiger partial charge is 0.395 e. The number of aliphatic hydroxyl groups excluding tert-OH is 2. The summed E-state index contributed by atoms with van der Waals surface area (Å²) in [4.78, 5) is 17.0. The molecular formula is C4H12NO5P. The molecule has 1 unspecified atom stereocenters. The highest BCUT2D eigenvalue weighted by Crippen LogP contribution is 2.38. The summed E-state index contributed by atoms with van der Waals surface area (Å²) in [5.41, 5.74) is 0. The highest BCUT2D eigenvalue weighted by atomic mass is 31.2. The second-order valence-corrected chi connectivity index (χ2v) is 3.77. The number of rotatable bonds is 5. The van der Waals surface area contributed by atoms with Gasteiger partial charge in [0.2, 0.25) is 0 Å². The molecule has 0 fully saturated rings. The van der Waals surface area contributed by atoms with Gasteiger partial charge < -0.3 is 20.0 Å². The van der Waals surface area contributed by atoms with E-state index in [9.17, 15) is 4.57 Å². The van der Waals surface area contributed by atoms with Crippen molar-refractivity contribution in [1.82, 2.24) is 5.32 Å². The minimum Gasteiger partial charge on any atom is -0.395 e. The fourth-order valence-electron chi connectivity index (χ4n) is 0.521. The minimum absolute atomic E-state index is 0.0519. The van der Waals surface area contributed by atoms with Gasteiger partial charge in [0.1, 0.15) is 5.78 Å². The van der Waals surface area contributed by atoms with Crippen molar-refractivity contribution < 1.29 is 24.6 Å². The van der Waals surface area contributed by atoms with E-state index < -0.39 is 20.0 Å². The van der Waals surface area contributed by atoms with Gasteiger partial charge in [-0.2, -0.15) is 0 Å². The first-order valence-electron chi connectivity index (χ1n) is 3.02. The van der Waals surface area contributed by atoms with Gasteiger partial charge in [-0.3, -0.25) is 9.88 Å². The quantitative estimate of drug-likeness (QED) is 0.319. The second-order valence-electron chi connectivity index (χ2n) is 1.97. The molecule has 6 nitrogen and oxygen atoms in total. The van der Waals surface area contributed by atoms with Crippen molar-refractivity contribution in [2.45, 2.75) is 5.78 Å². The highest BCUT2D eigenvalue weighted by molar-refractivity contribution is 7.52. The van der Waals surface area contributed by atoms with E-state index in [1.165, 1.54) is 0 Å². The number of hydrogen-bond donors (Lipinski definition) is 5. The van der Waals surface area contributed by atoms with Crippen LogP contribution in [0.1, 0.15) is 0 Å². The van der Waals surface area contributed by atoms with E-state index in [2.05, 4.69) is 5.32 Å². The molecule has 0 radical (unpaired) electrons. The first-order chi connectivity index (χ1) is 5.02. The average Bonchev–Trinajstić information content (AvgIpc) is 1.87. The summed E-state index contributed by atoms with van der Waals surface area (Å²) in [6.07, 6.45) is 0. The van der Waals surface area contributed by atoms with Crippen LogP contribution >= 0.6 is 7.60 Å². The van der Waals surface area contributed by atoms with Crippen molar-refractivity contribution in [3.05, 3.63) is 0 Å². The number of nitrogens with one attached hydrogen (secondary N) is 1. The fourth-order valence-corrected chi connectivity index (χ4v) is 1.10. The van der Waals surface area contributed by atoms with Crippen molar-refractivity contribution in [2.24, 2.45) is 0 Å². The first-order valence-corrected chi connectivity index (χ1v) is 4.71. The van der Waals surface area contributed by atoms with E-state index in [-0.39, 0.29) is 13.2 Å². The lowest BCUT2D eigenvalue weighted by molar-refractivity contribution is 0.233. The third-order valence-electron chi connectivity index (χ3n) is 1.07. The van der Waals surface area contributed by atoms with E-state index in [1.807, 2.05) is 0 Å². The lowest BCUT2D eigenvalue weighted by Crippen LogP contribution is -2.34. The Bertz CT molecular complexity index is 145. The van der Waals surface area contributed by atoms with Gasteiger partial charge >= 0.3 is 7.60 Å². The molecule has 0 aliphatic carbocycles. The Balaban J connectivity index is 3.86. The molecule has 68 valence electrons. The Morgan fingerprint density at radius 1 is 1.36 bits per heavy atom. The second kappa shape index (κ2) is 4.82. The lowest BCUT2D eigenvalue weighted by atomic mass is 10.6. The maximum atomic E-state index is 10.5. The molecule has 0 spiro atoms. The van der Waals surface area contributed by atoms with Gasteiger partial charge in [-0.25, -0.2) is 0 Å². The average molecular weight is 185 g/mol. The topological polar surface area (TPSA) is 110 Å². The van der Waals surface area contributed by atoms with E-state index >= 15 is 0 Å². The van der Waals surface area contributed by atoms with Gasteiger partial charge in [0.05, 0.1) is 13.2 Å². The molecule has 0 rings (SSSR count). The van der Waals surface area contributed by atoms with Crippen LogP contribution in [-0.4, -0.2) is 45.5 Å². The van der Waals surface area contributed by atoms with Crippen LogP contribution in [0, 0.1) is 0 Å². The summed E-state index contributed by atoms with van der Waals surface area (Å²) in [6.45, 7) is -0.822. The molecule has 0 aromatic rings. The van der Waals surface area contributed by atoms with Crippen molar-refractivity contribution in [2.75, 3.05) is 19.8 Å². The van der Waals surface area contributed by atoms with Gasteiger partial charge in [-0.15, -0.1) is 0 Å². The Morgan fingerprint density at radius 2 is 1.91 bits per heavy atom. The summed E-state index contributed by atoms with van der Waals surface area (Å²) < 4.78 is 10.5. The molecule has 11 heavy (non-hydrogen) atoms. The summed E-state index contributed by atoms with van der Waals surface area (Å²) in [7, 11) is -4.28. The van der Waals surface area contributed by atoms with Crippen LogP contribution in [-0.2, 0) is 4.57 Å². The zero-order chi connectivity index (χ0) is 8.91. The molecule has 0 saturated carbocycles. The van der Waals surface area contributed by atoms with Crippen molar-refractivity contribution in [1.29, 1.82) is 0 Å². The van der Waals surface area contributed by atoms with Crippen LogP contribution in [0.3, 0.4) is 0 Å². The Morgan fingerprint density at radius 3 is 2.18 bits per heavy atom. The SMILES string of the molecule is O=P(O)(O)C(CO)NCCO. The van der Waals surface area contributed by atoms with Crippen LogP contribution in [0.4, 0.5) is 0 Å². The highest BCUT2D eigenvalue weighted by Gasteiger charge is 2.26. The molecule has 5 N–H and O–H groups in total. The summed E-state index contributed by atoms with van der Waals surface area (Å²) >= 11 is 0. The molecule has 0 aromatic carbocycles. The molecule has 7 heteroatoms. The van der Waals surface area contributed by atoms with Crippen LogP contribution in [0.2, 0.25) is 0 Å². The van der Waals surface area contributed by atoms with E-state index in [1.54, 1.807) is 0 Å². The maximum Gasteiger partial charge on any atom is 0.344 e. The molecule has 0 aromatic heterocycles. The zero-order valence-electron chi connectivity index (χ0n) is 5.84. The molecule has 0 bridgehead atoms. The Labute approximate surface area is 64.0 Å². The molecule has 1 atom stereocenters. The van der Waals surface area contributed by atoms with Crippen LogP contribution < -0.4 is 5.32 Å². The van der Waals surface area contributed by atoms with Gasteiger partial charge in [-0.1, -0.05) is 0 Å². The Hall–Kier alpha value is 0.0300. The van der Waals surface area contributed by atoms with E-state index in [0.717, 1.165) is 0 Å². The third-order valence-corrected chi connectivity index (χ3v) is 2.23. The predicted octanol–water partition coefficient (Wildman–Crippen LogP) is -1.94. The first kappa shape index (κ1) is 11.0. The van der Waals surface area contributed by atoms with Gasteiger partial charge in [0.15, 0.2) is 0 Å². The molecular weight excluding hydrogens is 173 g/mol. The van der Waals surface area contributed by atoms with E-state index in [0.29, 0.717) is 0 Å². The molecule has 0 heterocycles. The zero-order valence-corrected chi connectivity index (χ0v) is 6.74. The molecule has 0 amide bonds. The van der Waals surface area contributed by atoms with Crippen molar-refractivity contribution >= 4 is 7.60 Å². The van der Waals surface area contributed by atoms with Crippen LogP contribution in [0.15, 0.2) is 0 Å². The monoisotopic (exact) mass is 185 g/mol. The van der Waals surface area contributed by atoms with Gasteiger partial charge in [0, 0.05) is 6.54 Å².